The van der Waals surface area contributed by atoms with Crippen molar-refractivity contribution in [3.05, 3.63) is 54.4 Å². The third kappa shape index (κ3) is 5.61. The summed E-state index contributed by atoms with van der Waals surface area (Å²) in [5.41, 5.74) is 8.67. The standard InChI is InChI=1S/C27H30F2N8O3S/c1-41(38)13-3-12-40-25-16-23(19(28)14-20(25)29)35-8-5-34(6-9-35)7-10-36-26-18(17-31-36)22-15-21(24-4-2-11-39-24)33-37(22)27(30)32-26/h2,4,11,14-17H,3,5-10,12-13H2,1H3,(H2,30,32)/t41-/m0/s1. The Morgan fingerprint density at radius 2 is 1.95 bits per heavy atom. The lowest BCUT2D eigenvalue weighted by Crippen LogP contribution is -2.47. The number of rotatable bonds is 10. The number of hydrogen-bond acceptors (Lipinski definition) is 9. The molecule has 5 aromatic rings. The zero-order valence-corrected chi connectivity index (χ0v) is 23.3. The van der Waals surface area contributed by atoms with Gasteiger partial charge in [-0.05, 0) is 24.6 Å². The highest BCUT2D eigenvalue weighted by molar-refractivity contribution is 7.84. The van der Waals surface area contributed by atoms with E-state index in [0.29, 0.717) is 74.2 Å². The molecule has 0 spiro atoms. The number of nitrogens with zero attached hydrogens (tertiary/aromatic N) is 7. The van der Waals surface area contributed by atoms with Crippen molar-refractivity contribution in [1.82, 2.24) is 29.3 Å². The van der Waals surface area contributed by atoms with Gasteiger partial charge in [0, 0.05) is 67.7 Å². The Bertz CT molecular complexity index is 1700. The first-order chi connectivity index (χ1) is 19.9. The van der Waals surface area contributed by atoms with Gasteiger partial charge in [0.2, 0.25) is 5.95 Å². The monoisotopic (exact) mass is 584 g/mol. The molecular weight excluding hydrogens is 554 g/mol. The Morgan fingerprint density at radius 1 is 1.12 bits per heavy atom. The van der Waals surface area contributed by atoms with Crippen LogP contribution in [0.4, 0.5) is 20.4 Å². The zero-order chi connectivity index (χ0) is 28.5. The van der Waals surface area contributed by atoms with E-state index in [4.69, 9.17) is 14.9 Å². The van der Waals surface area contributed by atoms with Crippen molar-refractivity contribution in [3.63, 3.8) is 0 Å². The van der Waals surface area contributed by atoms with Crippen molar-refractivity contribution >= 4 is 39.0 Å². The number of benzene rings is 1. The van der Waals surface area contributed by atoms with Crippen LogP contribution in [0.1, 0.15) is 6.42 Å². The van der Waals surface area contributed by atoms with Gasteiger partial charge >= 0.3 is 0 Å². The number of aromatic nitrogens is 5. The fourth-order valence-corrected chi connectivity index (χ4v) is 5.58. The Hall–Kier alpha value is -4.04. The first-order valence-corrected chi connectivity index (χ1v) is 15.0. The van der Waals surface area contributed by atoms with Crippen LogP contribution in [0.3, 0.4) is 0 Å². The molecule has 14 heteroatoms. The van der Waals surface area contributed by atoms with Crippen LogP contribution in [0, 0.1) is 11.6 Å². The highest BCUT2D eigenvalue weighted by Gasteiger charge is 2.22. The highest BCUT2D eigenvalue weighted by Crippen LogP contribution is 2.30. The van der Waals surface area contributed by atoms with E-state index in [9.17, 15) is 13.0 Å². The summed E-state index contributed by atoms with van der Waals surface area (Å²) < 4.78 is 54.6. The highest BCUT2D eigenvalue weighted by atomic mass is 32.2. The molecule has 1 saturated heterocycles. The molecule has 4 aromatic heterocycles. The Balaban J connectivity index is 1.09. The summed E-state index contributed by atoms with van der Waals surface area (Å²) in [6.45, 7) is 4.08. The second-order valence-electron chi connectivity index (χ2n) is 9.92. The quantitative estimate of drug-likeness (QED) is 0.247. The van der Waals surface area contributed by atoms with Gasteiger partial charge in [-0.2, -0.15) is 19.7 Å². The summed E-state index contributed by atoms with van der Waals surface area (Å²) in [7, 11) is -0.942. The topological polar surface area (TPSA) is 120 Å². The van der Waals surface area contributed by atoms with Crippen LogP contribution >= 0.6 is 0 Å². The van der Waals surface area contributed by atoms with Crippen molar-refractivity contribution in [2.45, 2.75) is 13.0 Å². The van der Waals surface area contributed by atoms with Crippen molar-refractivity contribution in [2.75, 3.05) is 62.0 Å². The maximum absolute atomic E-state index is 14.7. The van der Waals surface area contributed by atoms with E-state index >= 15 is 0 Å². The van der Waals surface area contributed by atoms with Crippen LogP contribution in [-0.4, -0.2) is 84.8 Å². The molecule has 5 heterocycles. The number of halogens is 2. The molecule has 6 rings (SSSR count). The Labute approximate surface area is 236 Å². The van der Waals surface area contributed by atoms with Crippen molar-refractivity contribution in [3.8, 4) is 17.2 Å². The summed E-state index contributed by atoms with van der Waals surface area (Å²) in [6.07, 6.45) is 5.50. The van der Waals surface area contributed by atoms with E-state index in [1.165, 1.54) is 6.07 Å². The maximum atomic E-state index is 14.7. The van der Waals surface area contributed by atoms with Crippen LogP contribution in [0.15, 0.2) is 47.2 Å². The van der Waals surface area contributed by atoms with Gasteiger partial charge in [-0.1, -0.05) is 0 Å². The van der Waals surface area contributed by atoms with Gasteiger partial charge in [0.05, 0.1) is 42.2 Å². The molecule has 41 heavy (non-hydrogen) atoms. The van der Waals surface area contributed by atoms with Crippen LogP contribution in [0.25, 0.3) is 28.0 Å². The van der Waals surface area contributed by atoms with Crippen molar-refractivity contribution in [1.29, 1.82) is 0 Å². The first-order valence-electron chi connectivity index (χ1n) is 13.3. The molecule has 1 aliphatic rings. The van der Waals surface area contributed by atoms with Crippen LogP contribution in [-0.2, 0) is 17.3 Å². The lowest BCUT2D eigenvalue weighted by Gasteiger charge is -2.36. The van der Waals surface area contributed by atoms with Crippen LogP contribution in [0.5, 0.6) is 5.75 Å². The molecule has 0 aliphatic carbocycles. The minimum absolute atomic E-state index is 0.00613. The van der Waals surface area contributed by atoms with Gasteiger partial charge in [-0.3, -0.25) is 9.11 Å². The van der Waals surface area contributed by atoms with Gasteiger partial charge in [0.25, 0.3) is 0 Å². The normalized spacial score (nSPS) is 15.2. The van der Waals surface area contributed by atoms with E-state index in [1.807, 2.05) is 21.7 Å². The fourth-order valence-electron chi connectivity index (χ4n) is 5.05. The number of anilines is 2. The second-order valence-corrected chi connectivity index (χ2v) is 11.5. The second kappa shape index (κ2) is 11.4. The molecule has 1 atom stereocenters. The number of piperazine rings is 1. The number of hydrogen-bond donors (Lipinski definition) is 1. The number of nitrogen functional groups attached to an aromatic ring is 1. The van der Waals surface area contributed by atoms with Gasteiger partial charge in [0.15, 0.2) is 23.0 Å². The Kier molecular flexibility index (Phi) is 7.58. The average molecular weight is 585 g/mol. The van der Waals surface area contributed by atoms with E-state index in [-0.39, 0.29) is 18.3 Å². The van der Waals surface area contributed by atoms with Crippen LogP contribution in [0.2, 0.25) is 0 Å². The van der Waals surface area contributed by atoms with Crippen molar-refractivity contribution < 1.29 is 22.1 Å². The summed E-state index contributed by atoms with van der Waals surface area (Å²) >= 11 is 0. The number of furan rings is 1. The summed E-state index contributed by atoms with van der Waals surface area (Å²) in [4.78, 5) is 8.72. The molecule has 1 aromatic carbocycles. The molecule has 1 fully saturated rings. The predicted octanol–water partition coefficient (Wildman–Crippen LogP) is 3.17. The van der Waals surface area contributed by atoms with Crippen molar-refractivity contribution in [2.24, 2.45) is 0 Å². The lowest BCUT2D eigenvalue weighted by molar-refractivity contribution is 0.244. The summed E-state index contributed by atoms with van der Waals surface area (Å²) in [5, 5.41) is 9.92. The zero-order valence-electron chi connectivity index (χ0n) is 22.5. The molecule has 0 bridgehead atoms. The van der Waals surface area contributed by atoms with Gasteiger partial charge < -0.3 is 19.8 Å². The largest absolute Gasteiger partial charge is 0.490 e. The Morgan fingerprint density at radius 3 is 2.71 bits per heavy atom. The van der Waals surface area contributed by atoms with Gasteiger partial charge in [-0.25, -0.2) is 13.5 Å². The molecule has 11 nitrogen and oxygen atoms in total. The molecule has 0 radical (unpaired) electrons. The number of nitrogens with two attached hydrogens (primary N) is 1. The summed E-state index contributed by atoms with van der Waals surface area (Å²) in [5.74, 6) is 0.00981. The van der Waals surface area contributed by atoms with E-state index < -0.39 is 22.4 Å². The molecular formula is C27H30F2N8O3S. The minimum atomic E-state index is -0.942. The predicted molar refractivity (Wildman–Crippen MR) is 152 cm³/mol. The molecule has 0 amide bonds. The molecule has 216 valence electrons. The number of ether oxygens (including phenoxy) is 1. The lowest BCUT2D eigenvalue weighted by atomic mass is 10.2. The summed E-state index contributed by atoms with van der Waals surface area (Å²) in [6, 6.07) is 7.83. The van der Waals surface area contributed by atoms with E-state index in [0.717, 1.165) is 17.0 Å². The average Bonchev–Trinajstić information content (AvgIpc) is 3.71. The minimum Gasteiger partial charge on any atom is -0.490 e. The number of fused-ring (bicyclic) bond motifs is 3. The van der Waals surface area contributed by atoms with Gasteiger partial charge in [-0.15, -0.1) is 0 Å². The SMILES string of the molecule is C[S@](=O)CCCOc1cc(N2CCN(CCn3ncc4c3nc(N)n3nc(-c5ccco5)cc43)CC2)c(F)cc1F. The molecule has 1 aliphatic heterocycles. The molecule has 0 unspecified atom stereocenters. The van der Waals surface area contributed by atoms with Gasteiger partial charge in [0.1, 0.15) is 11.5 Å². The third-order valence-electron chi connectivity index (χ3n) is 7.18. The van der Waals surface area contributed by atoms with E-state index in [2.05, 4.69) is 20.1 Å². The van der Waals surface area contributed by atoms with Crippen LogP contribution < -0.4 is 15.4 Å². The molecule has 0 saturated carbocycles. The fraction of sp³-hybridized carbons (Fsp3) is 0.370. The smallest absolute Gasteiger partial charge is 0.223 e. The maximum Gasteiger partial charge on any atom is 0.223 e. The van der Waals surface area contributed by atoms with E-state index in [1.54, 1.807) is 29.3 Å². The third-order valence-corrected chi connectivity index (χ3v) is 8.05. The first kappa shape index (κ1) is 27.1. The molecule has 2 N–H and O–H groups in total.